The summed E-state index contributed by atoms with van der Waals surface area (Å²) in [6.45, 7) is 4.05. The van der Waals surface area contributed by atoms with Crippen molar-refractivity contribution < 1.29 is 19.5 Å². The van der Waals surface area contributed by atoms with Crippen molar-refractivity contribution in [2.75, 3.05) is 19.6 Å². The Labute approximate surface area is 382 Å². The van der Waals surface area contributed by atoms with E-state index in [0.717, 1.165) is 10.0 Å². The number of anilines is 4. The number of benzene rings is 6. The molecule has 61 heavy (non-hydrogen) atoms. The molecular formula is C48H39BrCl4N4O4. The minimum Gasteiger partial charge on any atom is -0.364 e. The van der Waals surface area contributed by atoms with E-state index in [1.807, 2.05) is 55.5 Å². The minimum absolute atomic E-state index is 0.181. The lowest BCUT2D eigenvalue weighted by Gasteiger charge is -2.38. The number of aliphatic hydroxyl groups is 1. The van der Waals surface area contributed by atoms with Crippen molar-refractivity contribution in [1.82, 2.24) is 0 Å². The highest BCUT2D eigenvalue weighted by molar-refractivity contribution is 9.10. The number of hydrogen-bond acceptors (Lipinski definition) is 4. The summed E-state index contributed by atoms with van der Waals surface area (Å²) in [4.78, 5) is 45.6. The van der Waals surface area contributed by atoms with Crippen molar-refractivity contribution in [3.05, 3.63) is 187 Å². The van der Waals surface area contributed by atoms with Crippen LogP contribution in [0.4, 0.5) is 32.3 Å². The predicted molar refractivity (Wildman–Crippen MR) is 249 cm³/mol. The molecule has 310 valence electrons. The average Bonchev–Trinajstić information content (AvgIpc) is 4.17. The minimum atomic E-state index is -1.52. The molecule has 4 fully saturated rings. The van der Waals surface area contributed by atoms with Crippen LogP contribution in [0.2, 0.25) is 20.1 Å². The van der Waals surface area contributed by atoms with Crippen molar-refractivity contribution >= 4 is 103 Å². The van der Waals surface area contributed by atoms with Crippen LogP contribution >= 0.6 is 62.3 Å². The number of imide groups is 1. The Bertz CT molecular complexity index is 2600. The van der Waals surface area contributed by atoms with Gasteiger partial charge in [-0.2, -0.15) is 0 Å². The van der Waals surface area contributed by atoms with Gasteiger partial charge in [-0.3, -0.25) is 19.5 Å². The summed E-state index contributed by atoms with van der Waals surface area (Å²) in [7, 11) is 0. The molecule has 2 spiro atoms. The van der Waals surface area contributed by atoms with Gasteiger partial charge in [0.1, 0.15) is 11.1 Å². The quantitative estimate of drug-likeness (QED) is 0.175. The number of carbonyl (C=O) groups excluding carboxylic acids is 3. The molecule has 0 aromatic heterocycles. The zero-order valence-electron chi connectivity index (χ0n) is 33.0. The number of amides is 5. The molecule has 4 aliphatic rings. The first-order valence-electron chi connectivity index (χ1n) is 19.6. The van der Waals surface area contributed by atoms with Crippen LogP contribution < -0.4 is 19.6 Å². The lowest BCUT2D eigenvalue weighted by atomic mass is 9.90. The van der Waals surface area contributed by atoms with Gasteiger partial charge in [0.15, 0.2) is 5.72 Å². The Morgan fingerprint density at radius 1 is 0.508 bits per heavy atom. The molecule has 0 bridgehead atoms. The molecule has 13 heteroatoms. The van der Waals surface area contributed by atoms with Gasteiger partial charge in [0.2, 0.25) is 0 Å². The second-order valence-electron chi connectivity index (χ2n) is 15.5. The first kappa shape index (κ1) is 42.8. The molecule has 0 radical (unpaired) electrons. The second-order valence-corrected chi connectivity index (χ2v) is 18.2. The Kier molecular flexibility index (Phi) is 11.8. The monoisotopic (exact) mass is 954 g/mol. The summed E-state index contributed by atoms with van der Waals surface area (Å²) in [5.41, 5.74) is 2.50. The maximum absolute atomic E-state index is 13.8. The molecule has 2 heterocycles. The van der Waals surface area contributed by atoms with E-state index in [9.17, 15) is 19.5 Å². The number of aryl methyl sites for hydroxylation is 2. The molecule has 10 rings (SSSR count). The first-order valence-corrected chi connectivity index (χ1v) is 21.9. The Balaban J connectivity index is 0.000000146. The summed E-state index contributed by atoms with van der Waals surface area (Å²) in [5, 5.41) is 14.6. The van der Waals surface area contributed by atoms with Crippen molar-refractivity contribution in [1.29, 1.82) is 0 Å². The van der Waals surface area contributed by atoms with Gasteiger partial charge in [-0.05, 0) is 149 Å². The molecule has 8 nitrogen and oxygen atoms in total. The molecule has 6 aromatic carbocycles. The van der Waals surface area contributed by atoms with E-state index < -0.39 is 16.8 Å². The smallest absolute Gasteiger partial charge is 0.336 e. The topological polar surface area (TPSA) is 84.4 Å². The lowest BCUT2D eigenvalue weighted by Crippen LogP contribution is -2.51. The fraction of sp³-hybridized carbons (Fsp3) is 0.188. The van der Waals surface area contributed by atoms with Crippen molar-refractivity contribution in [2.45, 2.75) is 56.3 Å². The van der Waals surface area contributed by atoms with E-state index in [2.05, 4.69) is 35.0 Å². The Hall–Kier alpha value is -4.87. The van der Waals surface area contributed by atoms with Gasteiger partial charge in [0, 0.05) is 47.2 Å². The van der Waals surface area contributed by atoms with Gasteiger partial charge >= 0.3 is 12.1 Å². The highest BCUT2D eigenvalue weighted by Crippen LogP contribution is 2.62. The lowest BCUT2D eigenvalue weighted by molar-refractivity contribution is -0.118. The summed E-state index contributed by atoms with van der Waals surface area (Å²) >= 11 is 27.3. The van der Waals surface area contributed by atoms with Gasteiger partial charge in [0.25, 0.3) is 5.91 Å². The third-order valence-corrected chi connectivity index (χ3v) is 12.9. The highest BCUT2D eigenvalue weighted by Gasteiger charge is 2.74. The van der Waals surface area contributed by atoms with E-state index >= 15 is 0 Å². The molecule has 2 aliphatic heterocycles. The van der Waals surface area contributed by atoms with E-state index in [1.54, 1.807) is 94.7 Å². The van der Waals surface area contributed by atoms with Gasteiger partial charge in [-0.25, -0.2) is 14.5 Å². The third kappa shape index (κ3) is 7.93. The SMILES string of the molecule is Cc1cccc(Br)c1.Cc1cccc(C2(O)N(c3ccc(Cl)cc3)C(=O)N(c3ccc(Cl)cc3)C23CC3)c1.O=C1N(c2ccc(Cl)cc2)C(=O)C2(CC2)N1c1ccc(Cl)cc1. The number of rotatable bonds is 5. The third-order valence-electron chi connectivity index (χ3n) is 11.4. The molecule has 6 aromatic rings. The van der Waals surface area contributed by atoms with Gasteiger partial charge < -0.3 is 5.11 Å². The fourth-order valence-corrected chi connectivity index (χ4v) is 9.19. The van der Waals surface area contributed by atoms with Gasteiger partial charge in [0.05, 0.1) is 5.69 Å². The van der Waals surface area contributed by atoms with E-state index in [0.29, 0.717) is 74.1 Å². The number of urea groups is 2. The average molecular weight is 958 g/mol. The molecule has 2 aliphatic carbocycles. The standard InChI is InChI=1S/C24H20Cl2N2O2.C17H12Cl2N2O2.C7H7Br/c1-16-3-2-4-17(15-16)24(30)23(13-14-23)27(20-9-5-18(25)6-10-20)22(29)28(24)21-11-7-19(26)8-12-21;18-11-1-5-13(6-2-11)20-15(22)17(9-10-17)21(16(20)23)14-7-3-12(19)4-8-14;1-6-3-2-4-7(8)5-6/h2-12,15,30H,13-14H2,1H3;1-8H,9-10H2;2-5H,1H3. The zero-order valence-corrected chi connectivity index (χ0v) is 37.6. The molecule has 1 atom stereocenters. The first-order chi connectivity index (χ1) is 29.2. The molecule has 5 amide bonds. The van der Waals surface area contributed by atoms with Crippen molar-refractivity contribution in [3.8, 4) is 0 Å². The van der Waals surface area contributed by atoms with Crippen LogP contribution in [-0.4, -0.2) is 34.2 Å². The van der Waals surface area contributed by atoms with Crippen LogP contribution in [0.3, 0.4) is 0 Å². The Morgan fingerprint density at radius 3 is 1.34 bits per heavy atom. The van der Waals surface area contributed by atoms with Gasteiger partial charge in [-0.15, -0.1) is 0 Å². The molecule has 2 saturated carbocycles. The summed E-state index contributed by atoms with van der Waals surface area (Å²) in [6.07, 6.45) is 2.72. The van der Waals surface area contributed by atoms with Crippen molar-refractivity contribution in [2.24, 2.45) is 0 Å². The van der Waals surface area contributed by atoms with E-state index in [4.69, 9.17) is 46.4 Å². The van der Waals surface area contributed by atoms with Crippen LogP contribution in [0, 0.1) is 13.8 Å². The molecule has 1 N–H and O–H groups in total. The van der Waals surface area contributed by atoms with E-state index in [1.165, 1.54) is 15.4 Å². The van der Waals surface area contributed by atoms with Gasteiger partial charge in [-0.1, -0.05) is 110 Å². The van der Waals surface area contributed by atoms with Crippen LogP contribution in [0.1, 0.15) is 42.4 Å². The summed E-state index contributed by atoms with van der Waals surface area (Å²) in [5.74, 6) is -0.181. The predicted octanol–water partition coefficient (Wildman–Crippen LogP) is 13.4. The largest absolute Gasteiger partial charge is 0.364 e. The fourth-order valence-electron chi connectivity index (χ4n) is 8.17. The maximum atomic E-state index is 13.8. The molecule has 1 unspecified atom stereocenters. The van der Waals surface area contributed by atoms with Crippen molar-refractivity contribution in [3.63, 3.8) is 0 Å². The maximum Gasteiger partial charge on any atom is 0.336 e. The number of nitrogens with zero attached hydrogens (tertiary/aromatic N) is 4. The van der Waals surface area contributed by atoms with Crippen LogP contribution in [0.5, 0.6) is 0 Å². The number of hydrogen-bond donors (Lipinski definition) is 1. The van der Waals surface area contributed by atoms with Crippen LogP contribution in [0.25, 0.3) is 0 Å². The van der Waals surface area contributed by atoms with E-state index in [-0.39, 0.29) is 18.0 Å². The summed E-state index contributed by atoms with van der Waals surface area (Å²) in [6, 6.07) is 43.1. The number of halogens is 5. The molecular weight excluding hydrogens is 918 g/mol. The number of carbonyl (C=O) groups is 3. The molecule has 2 saturated heterocycles. The summed E-state index contributed by atoms with van der Waals surface area (Å²) < 4.78 is 1.15. The van der Waals surface area contributed by atoms with Crippen LogP contribution in [-0.2, 0) is 10.5 Å². The Morgan fingerprint density at radius 2 is 0.934 bits per heavy atom. The zero-order chi connectivity index (χ0) is 43.3. The second kappa shape index (κ2) is 16.8. The highest BCUT2D eigenvalue weighted by atomic mass is 79.9. The normalized spacial score (nSPS) is 19.2. The van der Waals surface area contributed by atoms with Crippen LogP contribution in [0.15, 0.2) is 150 Å².